The fraction of sp³-hybridized carbons (Fsp3) is 0.667. The SMILES string of the molecule is O=S(=O)(C1CCC(C(O)(C(F)(F)F)C(F)(F)F)CC1)N(Cc1ccccc1)CC(F)(F)F. The first kappa shape index (κ1) is 26.7. The summed E-state index contributed by atoms with van der Waals surface area (Å²) in [6.07, 6.45) is -20.5. The molecule has 0 radical (unpaired) electrons. The number of benzene rings is 1. The van der Waals surface area contributed by atoms with Gasteiger partial charge in [0.15, 0.2) is 0 Å². The molecule has 1 fully saturated rings. The van der Waals surface area contributed by atoms with E-state index in [1.54, 1.807) is 6.07 Å². The van der Waals surface area contributed by atoms with Crippen LogP contribution in [0.4, 0.5) is 39.5 Å². The van der Waals surface area contributed by atoms with Crippen molar-refractivity contribution in [3.8, 4) is 0 Å². The van der Waals surface area contributed by atoms with Gasteiger partial charge in [-0.2, -0.15) is 43.8 Å². The lowest BCUT2D eigenvalue weighted by molar-refractivity contribution is -0.387. The van der Waals surface area contributed by atoms with Crippen molar-refractivity contribution in [1.29, 1.82) is 0 Å². The molecule has 0 aromatic heterocycles. The largest absolute Gasteiger partial charge is 0.426 e. The van der Waals surface area contributed by atoms with E-state index in [1.807, 2.05) is 0 Å². The van der Waals surface area contributed by atoms with Crippen molar-refractivity contribution in [1.82, 2.24) is 4.31 Å². The van der Waals surface area contributed by atoms with Crippen molar-refractivity contribution in [2.45, 2.75) is 61.6 Å². The molecule has 4 nitrogen and oxygen atoms in total. The lowest BCUT2D eigenvalue weighted by atomic mass is 9.75. The van der Waals surface area contributed by atoms with E-state index in [1.165, 1.54) is 24.3 Å². The van der Waals surface area contributed by atoms with Crippen LogP contribution in [0.5, 0.6) is 0 Å². The summed E-state index contributed by atoms with van der Waals surface area (Å²) in [4.78, 5) is 0. The Morgan fingerprint density at radius 3 is 1.72 bits per heavy atom. The summed E-state index contributed by atoms with van der Waals surface area (Å²) in [6, 6.07) is 7.24. The second-order valence-electron chi connectivity index (χ2n) is 7.65. The van der Waals surface area contributed by atoms with Crippen LogP contribution in [0, 0.1) is 5.92 Å². The van der Waals surface area contributed by atoms with Crippen LogP contribution in [-0.4, -0.2) is 53.8 Å². The molecule has 0 amide bonds. The number of hydrogen-bond donors (Lipinski definition) is 1. The monoisotopic (exact) mass is 501 g/mol. The van der Waals surface area contributed by atoms with Crippen molar-refractivity contribution in [2.75, 3.05) is 6.54 Å². The van der Waals surface area contributed by atoms with E-state index < -0.39 is 84.1 Å². The van der Waals surface area contributed by atoms with Crippen LogP contribution in [0.2, 0.25) is 0 Å². The highest BCUT2D eigenvalue weighted by molar-refractivity contribution is 7.89. The van der Waals surface area contributed by atoms with E-state index in [0.717, 1.165) is 0 Å². The molecule has 32 heavy (non-hydrogen) atoms. The minimum absolute atomic E-state index is 0.132. The lowest BCUT2D eigenvalue weighted by Crippen LogP contribution is -2.62. The van der Waals surface area contributed by atoms with Crippen molar-refractivity contribution in [3.05, 3.63) is 35.9 Å². The van der Waals surface area contributed by atoms with Crippen LogP contribution >= 0.6 is 0 Å². The maximum atomic E-state index is 13.1. The Labute approximate surface area is 178 Å². The second kappa shape index (κ2) is 9.01. The highest BCUT2D eigenvalue weighted by atomic mass is 32.2. The van der Waals surface area contributed by atoms with E-state index >= 15 is 0 Å². The van der Waals surface area contributed by atoms with Gasteiger partial charge in [-0.25, -0.2) is 8.42 Å². The molecule has 14 heteroatoms. The van der Waals surface area contributed by atoms with E-state index in [4.69, 9.17) is 0 Å². The molecule has 0 unspecified atom stereocenters. The summed E-state index contributed by atoms with van der Waals surface area (Å²) in [5.41, 5.74) is -4.82. The fourth-order valence-corrected chi connectivity index (χ4v) is 5.78. The number of hydrogen-bond acceptors (Lipinski definition) is 3. The summed E-state index contributed by atoms with van der Waals surface area (Å²) < 4.78 is 143. The van der Waals surface area contributed by atoms with Gasteiger partial charge >= 0.3 is 18.5 Å². The van der Waals surface area contributed by atoms with Crippen LogP contribution in [0.25, 0.3) is 0 Å². The molecule has 1 saturated carbocycles. The average molecular weight is 501 g/mol. The number of aliphatic hydroxyl groups is 1. The van der Waals surface area contributed by atoms with Gasteiger partial charge in [-0.15, -0.1) is 0 Å². The second-order valence-corrected chi connectivity index (χ2v) is 9.86. The molecule has 1 aromatic rings. The van der Waals surface area contributed by atoms with E-state index in [9.17, 15) is 53.0 Å². The molecule has 0 atom stereocenters. The number of sulfonamides is 1. The molecule has 1 aromatic carbocycles. The molecule has 0 heterocycles. The van der Waals surface area contributed by atoms with Crippen LogP contribution < -0.4 is 0 Å². The maximum absolute atomic E-state index is 13.1. The van der Waals surface area contributed by atoms with Crippen molar-refractivity contribution in [2.24, 2.45) is 5.92 Å². The first-order valence-electron chi connectivity index (χ1n) is 9.35. The standard InChI is InChI=1S/C18H20F9NO3S/c19-15(20,21)11-28(10-12-4-2-1-3-5-12)32(30,31)14-8-6-13(7-9-14)16(29,17(22,23)24)18(25,26)27/h1-5,13-14,29H,6-11H2. The topological polar surface area (TPSA) is 57.6 Å². The summed E-state index contributed by atoms with van der Waals surface area (Å²) in [5, 5.41) is 7.88. The van der Waals surface area contributed by atoms with Gasteiger partial charge in [-0.3, -0.25) is 0 Å². The zero-order valence-electron chi connectivity index (χ0n) is 16.3. The molecule has 1 aliphatic carbocycles. The molecule has 1 aliphatic rings. The van der Waals surface area contributed by atoms with Crippen LogP contribution in [0.1, 0.15) is 31.2 Å². The zero-order chi connectivity index (χ0) is 24.6. The quantitative estimate of drug-likeness (QED) is 0.571. The molecule has 0 spiro atoms. The van der Waals surface area contributed by atoms with Gasteiger partial charge in [-0.1, -0.05) is 30.3 Å². The summed E-state index contributed by atoms with van der Waals surface area (Å²) in [7, 11) is -4.73. The summed E-state index contributed by atoms with van der Waals surface area (Å²) >= 11 is 0. The predicted octanol–water partition coefficient (Wildman–Crippen LogP) is 4.80. The molecule has 0 bridgehead atoms. The number of nitrogens with zero attached hydrogens (tertiary/aromatic N) is 1. The number of halogens is 9. The van der Waals surface area contributed by atoms with Crippen LogP contribution in [0.3, 0.4) is 0 Å². The molecule has 0 aliphatic heterocycles. The minimum Gasteiger partial charge on any atom is -0.373 e. The first-order valence-corrected chi connectivity index (χ1v) is 10.9. The van der Waals surface area contributed by atoms with Crippen LogP contribution in [-0.2, 0) is 16.6 Å². The van der Waals surface area contributed by atoms with Crippen molar-refractivity contribution < 1.29 is 53.0 Å². The van der Waals surface area contributed by atoms with Gasteiger partial charge < -0.3 is 5.11 Å². The first-order chi connectivity index (χ1) is 14.4. The van der Waals surface area contributed by atoms with E-state index in [-0.39, 0.29) is 9.87 Å². The number of alkyl halides is 9. The van der Waals surface area contributed by atoms with E-state index in [2.05, 4.69) is 0 Å². The Bertz CT molecular complexity index is 844. The minimum atomic E-state index is -6.06. The molecule has 0 saturated heterocycles. The van der Waals surface area contributed by atoms with E-state index in [0.29, 0.717) is 0 Å². The maximum Gasteiger partial charge on any atom is 0.426 e. The highest BCUT2D eigenvalue weighted by Crippen LogP contribution is 2.52. The predicted molar refractivity (Wildman–Crippen MR) is 94.6 cm³/mol. The van der Waals surface area contributed by atoms with Gasteiger partial charge in [-0.05, 0) is 31.2 Å². The molecular formula is C18H20F9NO3S. The third kappa shape index (κ3) is 5.68. The highest BCUT2D eigenvalue weighted by Gasteiger charge is 2.73. The Morgan fingerprint density at radius 2 is 1.31 bits per heavy atom. The summed E-state index contributed by atoms with van der Waals surface area (Å²) in [6.45, 7) is -2.53. The average Bonchev–Trinajstić information content (AvgIpc) is 2.65. The van der Waals surface area contributed by atoms with Crippen LogP contribution in [0.15, 0.2) is 30.3 Å². The zero-order valence-corrected chi connectivity index (χ0v) is 17.1. The Morgan fingerprint density at radius 1 is 0.844 bits per heavy atom. The van der Waals surface area contributed by atoms with Crippen molar-refractivity contribution in [3.63, 3.8) is 0 Å². The molecule has 2 rings (SSSR count). The third-order valence-corrected chi connectivity index (χ3v) is 7.76. The van der Waals surface area contributed by atoms with Crippen molar-refractivity contribution >= 4 is 10.0 Å². The molecule has 1 N–H and O–H groups in total. The Balaban J connectivity index is 2.25. The van der Waals surface area contributed by atoms with Gasteiger partial charge in [0, 0.05) is 12.5 Å². The number of rotatable bonds is 6. The Kier molecular flexibility index (Phi) is 7.52. The molecular weight excluding hydrogens is 481 g/mol. The van der Waals surface area contributed by atoms with Gasteiger partial charge in [0.25, 0.3) is 5.60 Å². The molecule has 184 valence electrons. The Hall–Kier alpha value is -1.54. The normalized spacial score (nSPS) is 21.7. The van der Waals surface area contributed by atoms with Gasteiger partial charge in [0.1, 0.15) is 6.54 Å². The smallest absolute Gasteiger partial charge is 0.373 e. The fourth-order valence-electron chi connectivity index (χ4n) is 3.84. The third-order valence-electron chi connectivity index (χ3n) is 5.47. The van der Waals surface area contributed by atoms with Gasteiger partial charge in [0.2, 0.25) is 10.0 Å². The van der Waals surface area contributed by atoms with Gasteiger partial charge in [0.05, 0.1) is 5.25 Å². The lowest BCUT2D eigenvalue weighted by Gasteiger charge is -2.42. The summed E-state index contributed by atoms with van der Waals surface area (Å²) in [5.74, 6) is -2.38.